The number of phosphoric ester groups is 1. The normalized spacial score (nSPS) is 13.9. The van der Waals surface area contributed by atoms with Crippen LogP contribution >= 0.6 is 7.82 Å². The van der Waals surface area contributed by atoms with E-state index in [4.69, 9.17) is 13.8 Å². The highest BCUT2D eigenvalue weighted by atomic mass is 31.2. The van der Waals surface area contributed by atoms with Gasteiger partial charge in [-0.1, -0.05) is 252 Å². The molecule has 0 heterocycles. The van der Waals surface area contributed by atoms with Crippen molar-refractivity contribution in [3.05, 3.63) is 12.2 Å². The van der Waals surface area contributed by atoms with Gasteiger partial charge in [0.2, 0.25) is 5.91 Å². The Balaban J connectivity index is 5.30. The summed E-state index contributed by atoms with van der Waals surface area (Å²) in [4.78, 5) is 37.5. The van der Waals surface area contributed by atoms with E-state index in [0.717, 1.165) is 57.8 Å². The molecule has 0 aromatic rings. The molecule has 3 atom stereocenters. The van der Waals surface area contributed by atoms with E-state index in [1.165, 1.54) is 193 Å². The molecule has 0 bridgehead atoms. The average molecular weight is 956 g/mol. The minimum absolute atomic E-state index is 0.0454. The fourth-order valence-corrected chi connectivity index (χ4v) is 9.27. The van der Waals surface area contributed by atoms with Crippen LogP contribution in [0.5, 0.6) is 0 Å². The van der Waals surface area contributed by atoms with Gasteiger partial charge in [0.05, 0.1) is 33.8 Å². The van der Waals surface area contributed by atoms with Crippen molar-refractivity contribution in [1.82, 2.24) is 5.32 Å². The number of phosphoric acid groups is 1. The number of amides is 1. The van der Waals surface area contributed by atoms with Crippen molar-refractivity contribution in [2.45, 2.75) is 296 Å². The van der Waals surface area contributed by atoms with Crippen molar-refractivity contribution >= 4 is 19.7 Å². The lowest BCUT2D eigenvalue weighted by atomic mass is 10.0. The smallest absolute Gasteiger partial charge is 0.456 e. The molecule has 0 aliphatic carbocycles. The minimum atomic E-state index is -4.43. The van der Waals surface area contributed by atoms with Gasteiger partial charge in [-0.15, -0.1) is 0 Å². The van der Waals surface area contributed by atoms with E-state index in [1.54, 1.807) is 0 Å². The zero-order valence-electron chi connectivity index (χ0n) is 44.7. The van der Waals surface area contributed by atoms with Crippen LogP contribution in [0.3, 0.4) is 0 Å². The molecule has 2 N–H and O–H groups in total. The maximum atomic E-state index is 13.5. The Morgan fingerprint density at radius 3 is 1.24 bits per heavy atom. The van der Waals surface area contributed by atoms with Crippen molar-refractivity contribution in [1.29, 1.82) is 0 Å². The number of nitrogens with zero attached hydrogens (tertiary/aromatic N) is 1. The van der Waals surface area contributed by atoms with Crippen molar-refractivity contribution in [2.75, 3.05) is 40.9 Å². The highest BCUT2D eigenvalue weighted by molar-refractivity contribution is 7.47. The standard InChI is InChI=1S/C56H111N2O7P/c1-7-10-13-16-19-22-25-27-29-31-34-37-40-43-46-49-56(60)65-54(47-44-41-38-35-32-24-21-18-15-12-9-3)53(52-64-66(61,62)63-51-50-58(4,5)6)57-55(59)48-45-42-39-36-33-30-28-26-23-20-17-14-11-8-2/h44,47,53-54H,7-43,45-46,48-52H2,1-6H3,(H-,57,59,61,62)/p+1/b47-44+. The zero-order valence-corrected chi connectivity index (χ0v) is 45.6. The third kappa shape index (κ3) is 47.8. The van der Waals surface area contributed by atoms with Crippen molar-refractivity contribution < 1.29 is 37.3 Å². The fourth-order valence-electron chi connectivity index (χ4n) is 8.53. The number of carbonyl (C=O) groups excluding carboxylic acids is 2. The zero-order chi connectivity index (χ0) is 48.7. The van der Waals surface area contributed by atoms with E-state index in [1.807, 2.05) is 33.3 Å². The van der Waals surface area contributed by atoms with Crippen molar-refractivity contribution in [3.8, 4) is 0 Å². The van der Waals surface area contributed by atoms with Gasteiger partial charge in [0.1, 0.15) is 19.3 Å². The number of carbonyl (C=O) groups is 2. The van der Waals surface area contributed by atoms with Gasteiger partial charge >= 0.3 is 13.8 Å². The van der Waals surface area contributed by atoms with Crippen molar-refractivity contribution in [3.63, 3.8) is 0 Å². The second-order valence-corrected chi connectivity index (χ2v) is 22.3. The maximum absolute atomic E-state index is 13.5. The molecule has 0 radical (unpaired) electrons. The molecule has 0 aromatic carbocycles. The molecule has 0 saturated heterocycles. The molecule has 0 fully saturated rings. The van der Waals surface area contributed by atoms with Crippen LogP contribution in [0.2, 0.25) is 0 Å². The molecule has 392 valence electrons. The summed E-state index contributed by atoms with van der Waals surface area (Å²) in [5, 5.41) is 3.05. The number of quaternary nitrogens is 1. The highest BCUT2D eigenvalue weighted by Crippen LogP contribution is 2.43. The molecular weight excluding hydrogens is 844 g/mol. The quantitative estimate of drug-likeness (QED) is 0.0205. The predicted octanol–water partition coefficient (Wildman–Crippen LogP) is 16.8. The van der Waals surface area contributed by atoms with E-state index in [2.05, 4.69) is 26.1 Å². The second kappa shape index (κ2) is 47.4. The van der Waals surface area contributed by atoms with E-state index in [0.29, 0.717) is 23.9 Å². The van der Waals surface area contributed by atoms with Crippen LogP contribution in [0.4, 0.5) is 0 Å². The lowest BCUT2D eigenvalue weighted by Crippen LogP contribution is -2.47. The summed E-state index contributed by atoms with van der Waals surface area (Å²) in [6, 6.07) is -0.837. The molecule has 0 aliphatic rings. The SMILES string of the molecule is CCCCCCCCCCC/C=C/C(OC(=O)CCCCCCCCCCCCCCCCC)C(COP(=O)(O)OCC[N+](C)(C)C)NC(=O)CCCCCCCCCCCCCCCC. The third-order valence-electron chi connectivity index (χ3n) is 13.0. The predicted molar refractivity (Wildman–Crippen MR) is 282 cm³/mol. The van der Waals surface area contributed by atoms with Gasteiger partial charge in [0.15, 0.2) is 0 Å². The first-order valence-corrected chi connectivity index (χ1v) is 30.0. The maximum Gasteiger partial charge on any atom is 0.472 e. The Morgan fingerprint density at radius 2 is 0.864 bits per heavy atom. The Bertz CT molecular complexity index is 1150. The Kier molecular flexibility index (Phi) is 46.5. The van der Waals surface area contributed by atoms with Crippen LogP contribution in [-0.2, 0) is 27.9 Å². The van der Waals surface area contributed by atoms with Crippen LogP contribution < -0.4 is 5.32 Å². The number of ether oxygens (including phenoxy) is 1. The lowest BCUT2D eigenvalue weighted by molar-refractivity contribution is -0.870. The molecule has 0 saturated carbocycles. The highest BCUT2D eigenvalue weighted by Gasteiger charge is 2.30. The first-order valence-electron chi connectivity index (χ1n) is 28.5. The first-order chi connectivity index (χ1) is 31.9. The topological polar surface area (TPSA) is 111 Å². The van der Waals surface area contributed by atoms with Gasteiger partial charge in [-0.3, -0.25) is 18.6 Å². The number of rotatable bonds is 52. The number of allylic oxidation sites excluding steroid dienone is 1. The number of hydrogen-bond donors (Lipinski definition) is 2. The minimum Gasteiger partial charge on any atom is -0.456 e. The summed E-state index contributed by atoms with van der Waals surface area (Å²) in [6.45, 7) is 7.04. The Morgan fingerprint density at radius 1 is 0.515 bits per heavy atom. The molecule has 0 rings (SSSR count). The number of nitrogens with one attached hydrogen (secondary N) is 1. The third-order valence-corrected chi connectivity index (χ3v) is 14.0. The molecule has 1 amide bonds. The van der Waals surface area contributed by atoms with E-state index in [9.17, 15) is 19.0 Å². The van der Waals surface area contributed by atoms with Gasteiger partial charge < -0.3 is 19.4 Å². The summed E-state index contributed by atoms with van der Waals surface area (Å²) in [6.07, 6.45) is 51.9. The molecule has 0 aliphatic heterocycles. The summed E-state index contributed by atoms with van der Waals surface area (Å²) >= 11 is 0. The molecule has 0 spiro atoms. The van der Waals surface area contributed by atoms with Crippen LogP contribution in [0.15, 0.2) is 12.2 Å². The van der Waals surface area contributed by atoms with Gasteiger partial charge in [-0.2, -0.15) is 0 Å². The summed E-state index contributed by atoms with van der Waals surface area (Å²) < 4.78 is 30.6. The monoisotopic (exact) mass is 956 g/mol. The van der Waals surface area contributed by atoms with Gasteiger partial charge in [-0.05, 0) is 31.8 Å². The molecule has 66 heavy (non-hydrogen) atoms. The van der Waals surface area contributed by atoms with Gasteiger partial charge in [0, 0.05) is 12.8 Å². The number of hydrogen-bond acceptors (Lipinski definition) is 6. The molecule has 10 heteroatoms. The average Bonchev–Trinajstić information content (AvgIpc) is 3.27. The molecule has 0 aromatic heterocycles. The summed E-state index contributed by atoms with van der Waals surface area (Å²) in [7, 11) is 1.51. The Hall–Kier alpha value is -1.25. The van der Waals surface area contributed by atoms with E-state index < -0.39 is 20.0 Å². The van der Waals surface area contributed by atoms with Gasteiger partial charge in [0.25, 0.3) is 0 Å². The van der Waals surface area contributed by atoms with Crippen LogP contribution in [0.25, 0.3) is 0 Å². The second-order valence-electron chi connectivity index (χ2n) is 20.8. The number of unbranched alkanes of at least 4 members (excludes halogenated alkanes) is 36. The Labute approximate surface area is 410 Å². The number of esters is 1. The van der Waals surface area contributed by atoms with Crippen LogP contribution in [0.1, 0.15) is 284 Å². The fraction of sp³-hybridized carbons (Fsp3) is 0.929. The van der Waals surface area contributed by atoms with E-state index >= 15 is 0 Å². The van der Waals surface area contributed by atoms with Crippen molar-refractivity contribution in [2.24, 2.45) is 0 Å². The van der Waals surface area contributed by atoms with Gasteiger partial charge in [-0.25, -0.2) is 4.57 Å². The van der Waals surface area contributed by atoms with E-state index in [-0.39, 0.29) is 25.1 Å². The molecular formula is C56H112N2O7P+. The number of likely N-dealkylation sites (N-methyl/N-ethyl adjacent to an activating group) is 1. The van der Waals surface area contributed by atoms with Crippen LogP contribution in [-0.4, -0.2) is 74.3 Å². The molecule has 9 nitrogen and oxygen atoms in total. The summed E-state index contributed by atoms with van der Waals surface area (Å²) in [5.74, 6) is -0.489. The largest absolute Gasteiger partial charge is 0.472 e. The van der Waals surface area contributed by atoms with Crippen LogP contribution in [0, 0.1) is 0 Å². The molecule has 3 unspecified atom stereocenters. The first kappa shape index (κ1) is 64.8. The lowest BCUT2D eigenvalue weighted by Gasteiger charge is -2.27. The summed E-state index contributed by atoms with van der Waals surface area (Å²) in [5.41, 5.74) is 0.